The highest BCUT2D eigenvalue weighted by molar-refractivity contribution is 6.17. The fourth-order valence-electron chi connectivity index (χ4n) is 2.63. The summed E-state index contributed by atoms with van der Waals surface area (Å²) in [4.78, 5) is 16.3. The predicted octanol–water partition coefficient (Wildman–Crippen LogP) is 4.70. The van der Waals surface area contributed by atoms with E-state index in [1.807, 2.05) is 0 Å². The van der Waals surface area contributed by atoms with Gasteiger partial charge in [-0.25, -0.2) is 9.78 Å². The summed E-state index contributed by atoms with van der Waals surface area (Å²) in [6, 6.07) is 19.2. The van der Waals surface area contributed by atoms with Crippen LogP contribution in [0.1, 0.15) is 11.1 Å². The van der Waals surface area contributed by atoms with Crippen LogP contribution in [0.4, 0.5) is 0 Å². The first kappa shape index (κ1) is 20.4. The Morgan fingerprint density at radius 3 is 2.47 bits per heavy atom. The van der Waals surface area contributed by atoms with Crippen molar-refractivity contribution >= 4 is 11.5 Å². The Labute approximate surface area is 173 Å². The zero-order valence-corrected chi connectivity index (χ0v) is 16.4. The fourth-order valence-corrected chi connectivity index (χ4v) is 2.63. The quantitative estimate of drug-likeness (QED) is 0.321. The maximum absolute atomic E-state index is 12.1. The minimum absolute atomic E-state index is 0.212. The molecule has 0 spiro atoms. The molecule has 1 heterocycles. The third-order valence-corrected chi connectivity index (χ3v) is 3.97. The van der Waals surface area contributed by atoms with Crippen LogP contribution in [0.5, 0.6) is 23.1 Å². The van der Waals surface area contributed by atoms with E-state index in [1.165, 1.54) is 26.7 Å². The minimum atomic E-state index is -0.556. The molecule has 0 amide bonds. The first-order valence-electron chi connectivity index (χ1n) is 8.88. The molecule has 0 unspecified atom stereocenters. The monoisotopic (exact) mass is 402 g/mol. The summed E-state index contributed by atoms with van der Waals surface area (Å²) in [7, 11) is 2.73. The van der Waals surface area contributed by atoms with E-state index in [0.29, 0.717) is 28.4 Å². The van der Waals surface area contributed by atoms with Gasteiger partial charge in [-0.05, 0) is 24.3 Å². The Morgan fingerprint density at radius 2 is 1.73 bits per heavy atom. The number of nitrogens with zero attached hydrogens (tertiary/aromatic N) is 2. The number of benzene rings is 2. The topological polar surface area (TPSA) is 90.7 Å². The van der Waals surface area contributed by atoms with Crippen LogP contribution in [0.25, 0.3) is 5.57 Å². The van der Waals surface area contributed by atoms with Crippen molar-refractivity contribution < 1.29 is 23.7 Å². The highest BCUT2D eigenvalue weighted by atomic mass is 16.5. The van der Waals surface area contributed by atoms with Crippen LogP contribution < -0.4 is 9.47 Å². The minimum Gasteiger partial charge on any atom is -0.503 e. The zero-order chi connectivity index (χ0) is 21.3. The second-order valence-electron chi connectivity index (χ2n) is 5.90. The number of hydrogen-bond acceptors (Lipinski definition) is 7. The molecule has 0 saturated heterocycles. The number of aromatic nitrogens is 1. The van der Waals surface area contributed by atoms with Gasteiger partial charge in [-0.3, -0.25) is 0 Å². The Hall–Kier alpha value is -4.31. The molecule has 0 bridgehead atoms. The van der Waals surface area contributed by atoms with Gasteiger partial charge in [-0.15, -0.1) is 0 Å². The van der Waals surface area contributed by atoms with Crippen molar-refractivity contribution in [1.29, 1.82) is 5.26 Å². The smallest absolute Gasteiger partial charge is 0.341 e. The Bertz CT molecular complexity index is 1120. The molecular formula is C23H18N2O5. The van der Waals surface area contributed by atoms with Crippen LogP contribution in [-0.4, -0.2) is 25.2 Å². The van der Waals surface area contributed by atoms with Crippen molar-refractivity contribution in [3.8, 4) is 29.2 Å². The van der Waals surface area contributed by atoms with Gasteiger partial charge < -0.3 is 18.9 Å². The van der Waals surface area contributed by atoms with E-state index in [2.05, 4.69) is 11.1 Å². The van der Waals surface area contributed by atoms with E-state index in [-0.39, 0.29) is 11.5 Å². The molecule has 1 aromatic heterocycles. The second-order valence-corrected chi connectivity index (χ2v) is 5.90. The molecule has 0 saturated carbocycles. The number of carbonyl (C=O) groups is 1. The number of esters is 1. The van der Waals surface area contributed by atoms with Crippen LogP contribution in [0.15, 0.2) is 73.1 Å². The van der Waals surface area contributed by atoms with Crippen LogP contribution in [0.2, 0.25) is 0 Å². The van der Waals surface area contributed by atoms with Crippen molar-refractivity contribution in [3.63, 3.8) is 0 Å². The van der Waals surface area contributed by atoms with E-state index in [0.717, 1.165) is 0 Å². The summed E-state index contributed by atoms with van der Waals surface area (Å²) in [5.41, 5.74) is 1.10. The summed E-state index contributed by atoms with van der Waals surface area (Å²) in [6.45, 7) is 0. The van der Waals surface area contributed by atoms with Gasteiger partial charge in [0.2, 0.25) is 5.88 Å². The normalized spacial score (nSPS) is 10.6. The van der Waals surface area contributed by atoms with Crippen molar-refractivity contribution in [2.45, 2.75) is 0 Å². The van der Waals surface area contributed by atoms with Gasteiger partial charge in [0.1, 0.15) is 28.9 Å². The van der Waals surface area contributed by atoms with Crippen LogP contribution >= 0.6 is 0 Å². The van der Waals surface area contributed by atoms with Gasteiger partial charge in [-0.1, -0.05) is 30.3 Å². The van der Waals surface area contributed by atoms with Gasteiger partial charge in [0.15, 0.2) is 0 Å². The standard InChI is InChI=1S/C23H18N2O5/c1-27-15-19(23(26)28-2)18-8-4-6-10-21(18)29-17-11-12-25-22(13-17)30-20-9-5-3-7-16(20)14-24/h3-13,15H,1-2H3. The number of para-hydroxylation sites is 2. The average Bonchev–Trinajstić information content (AvgIpc) is 2.78. The molecule has 0 aliphatic heterocycles. The highest BCUT2D eigenvalue weighted by Gasteiger charge is 2.18. The predicted molar refractivity (Wildman–Crippen MR) is 109 cm³/mol. The number of hydrogen-bond donors (Lipinski definition) is 0. The molecule has 0 radical (unpaired) electrons. The van der Waals surface area contributed by atoms with E-state index < -0.39 is 5.97 Å². The molecule has 0 atom stereocenters. The molecule has 0 aliphatic rings. The summed E-state index contributed by atoms with van der Waals surface area (Å²) in [6.07, 6.45) is 2.82. The molecule has 7 heteroatoms. The maximum Gasteiger partial charge on any atom is 0.341 e. The van der Waals surface area contributed by atoms with E-state index in [9.17, 15) is 10.1 Å². The lowest BCUT2D eigenvalue weighted by molar-refractivity contribution is -0.133. The largest absolute Gasteiger partial charge is 0.503 e. The van der Waals surface area contributed by atoms with Gasteiger partial charge in [0.25, 0.3) is 0 Å². The van der Waals surface area contributed by atoms with Crippen molar-refractivity contribution in [2.24, 2.45) is 0 Å². The molecule has 7 nitrogen and oxygen atoms in total. The Kier molecular flexibility index (Phi) is 6.64. The SMILES string of the molecule is COC=C(C(=O)OC)c1ccccc1Oc1ccnc(Oc2ccccc2C#N)c1. The van der Waals surface area contributed by atoms with Crippen LogP contribution in [0, 0.1) is 11.3 Å². The lowest BCUT2D eigenvalue weighted by Crippen LogP contribution is -2.05. The van der Waals surface area contributed by atoms with Crippen LogP contribution in [0.3, 0.4) is 0 Å². The van der Waals surface area contributed by atoms with Crippen LogP contribution in [-0.2, 0) is 14.3 Å². The third-order valence-electron chi connectivity index (χ3n) is 3.97. The molecule has 2 aromatic carbocycles. The summed E-state index contributed by atoms with van der Waals surface area (Å²) >= 11 is 0. The Balaban J connectivity index is 1.90. The lowest BCUT2D eigenvalue weighted by atomic mass is 10.1. The van der Waals surface area contributed by atoms with E-state index in [1.54, 1.807) is 60.7 Å². The number of nitriles is 1. The van der Waals surface area contributed by atoms with Crippen molar-refractivity contribution in [1.82, 2.24) is 4.98 Å². The fraction of sp³-hybridized carbons (Fsp3) is 0.0870. The molecule has 0 aliphatic carbocycles. The summed E-state index contributed by atoms with van der Waals surface area (Å²) in [5.74, 6) is 0.943. The molecule has 30 heavy (non-hydrogen) atoms. The molecule has 3 aromatic rings. The van der Waals surface area contributed by atoms with E-state index >= 15 is 0 Å². The third kappa shape index (κ3) is 4.75. The lowest BCUT2D eigenvalue weighted by Gasteiger charge is -2.13. The zero-order valence-electron chi connectivity index (χ0n) is 16.4. The number of pyridine rings is 1. The maximum atomic E-state index is 12.1. The van der Waals surface area contributed by atoms with Crippen molar-refractivity contribution in [2.75, 3.05) is 14.2 Å². The van der Waals surface area contributed by atoms with Gasteiger partial charge in [-0.2, -0.15) is 5.26 Å². The molecule has 3 rings (SSSR count). The van der Waals surface area contributed by atoms with Gasteiger partial charge in [0, 0.05) is 17.8 Å². The van der Waals surface area contributed by atoms with Gasteiger partial charge >= 0.3 is 5.97 Å². The summed E-state index contributed by atoms with van der Waals surface area (Å²) in [5, 5.41) is 9.21. The highest BCUT2D eigenvalue weighted by Crippen LogP contribution is 2.33. The molecular weight excluding hydrogens is 384 g/mol. The molecule has 0 N–H and O–H groups in total. The first-order valence-corrected chi connectivity index (χ1v) is 8.88. The number of rotatable bonds is 7. The molecule has 0 fully saturated rings. The van der Waals surface area contributed by atoms with E-state index in [4.69, 9.17) is 18.9 Å². The molecule has 150 valence electrons. The number of ether oxygens (including phenoxy) is 4. The number of methoxy groups -OCH3 is 2. The Morgan fingerprint density at radius 1 is 1.00 bits per heavy atom. The van der Waals surface area contributed by atoms with Gasteiger partial charge in [0.05, 0.1) is 26.0 Å². The average molecular weight is 402 g/mol. The van der Waals surface area contributed by atoms with Crippen molar-refractivity contribution in [3.05, 3.63) is 84.2 Å². The summed E-state index contributed by atoms with van der Waals surface area (Å²) < 4.78 is 21.6. The second kappa shape index (κ2) is 9.75. The number of carbonyl (C=O) groups excluding carboxylic acids is 1. The first-order chi connectivity index (χ1) is 14.7.